The molecule has 0 aromatic heterocycles. The first-order valence-corrected chi connectivity index (χ1v) is 14.7. The highest BCUT2D eigenvalue weighted by Gasteiger charge is 2.68. The predicted molar refractivity (Wildman–Crippen MR) is 160 cm³/mol. The molecular formula is C35H30N2O7. The van der Waals surface area contributed by atoms with Gasteiger partial charge in [-0.2, -0.15) is 0 Å². The van der Waals surface area contributed by atoms with Gasteiger partial charge in [-0.1, -0.05) is 54.1 Å². The van der Waals surface area contributed by atoms with Crippen LogP contribution in [0.2, 0.25) is 0 Å². The molecule has 2 heterocycles. The first-order chi connectivity index (χ1) is 21.1. The number of amides is 4. The Bertz CT molecular complexity index is 1810. The average molecular weight is 591 g/mol. The first kappa shape index (κ1) is 27.8. The van der Waals surface area contributed by atoms with Gasteiger partial charge in [-0.25, -0.2) is 9.69 Å². The Morgan fingerprint density at radius 3 is 2.27 bits per heavy atom. The van der Waals surface area contributed by atoms with Crippen LogP contribution in [0, 0.1) is 36.0 Å². The van der Waals surface area contributed by atoms with Crippen molar-refractivity contribution in [3.8, 4) is 5.75 Å². The lowest BCUT2D eigenvalue weighted by molar-refractivity contribution is -0.131. The van der Waals surface area contributed by atoms with Crippen LogP contribution in [-0.4, -0.2) is 39.8 Å². The number of aromatic hydroxyl groups is 1. The Kier molecular flexibility index (Phi) is 6.14. The number of carboxylic acid groups (broad SMARTS) is 1. The van der Waals surface area contributed by atoms with E-state index < -0.39 is 52.8 Å². The third-order valence-electron chi connectivity index (χ3n) is 10.2. The second-order valence-corrected chi connectivity index (χ2v) is 12.4. The van der Waals surface area contributed by atoms with Gasteiger partial charge < -0.3 is 10.2 Å². The lowest BCUT2D eigenvalue weighted by Crippen LogP contribution is -2.49. The minimum absolute atomic E-state index is 0.0282. The SMILES string of the molecule is Cc1cccc(C2C3=CCC4C(=O)N(c5cccc(C(=O)O)c5)C(=O)C4C3CC3C(=O)N(c4ccccc4)C(=O)C32C)c1O. The summed E-state index contributed by atoms with van der Waals surface area (Å²) in [6.45, 7) is 3.55. The Hall–Kier alpha value is -5.05. The van der Waals surface area contributed by atoms with Gasteiger partial charge in [-0.15, -0.1) is 0 Å². The van der Waals surface area contributed by atoms with Crippen molar-refractivity contribution in [3.05, 3.63) is 101 Å². The van der Waals surface area contributed by atoms with E-state index in [1.165, 1.54) is 29.2 Å². The summed E-state index contributed by atoms with van der Waals surface area (Å²) in [6, 6.07) is 19.8. The standard InChI is InChI=1S/C35H30N2O7/c1-18-8-6-13-24(29(18)38)28-22-14-15-23-27(32(41)36(30(23)39)21-12-7-9-19(16-21)33(42)43)25(22)17-26-31(40)37(34(44)35(26,28)2)20-10-4-3-5-11-20/h3-14,16,23,25-28,38H,15,17H2,1-2H3,(H,42,43). The number of rotatable bonds is 4. The van der Waals surface area contributed by atoms with E-state index in [1.54, 1.807) is 62.4 Å². The molecule has 4 amide bonds. The smallest absolute Gasteiger partial charge is 0.335 e. The van der Waals surface area contributed by atoms with Crippen LogP contribution in [0.4, 0.5) is 11.4 Å². The summed E-state index contributed by atoms with van der Waals surface area (Å²) in [4.78, 5) is 70.5. The second-order valence-electron chi connectivity index (χ2n) is 12.4. The number of carboxylic acids is 1. The predicted octanol–water partition coefficient (Wildman–Crippen LogP) is 4.83. The Morgan fingerprint density at radius 1 is 0.841 bits per heavy atom. The van der Waals surface area contributed by atoms with Crippen molar-refractivity contribution < 1.29 is 34.2 Å². The normalized spacial score (nSPS) is 29.3. The van der Waals surface area contributed by atoms with Crippen molar-refractivity contribution >= 4 is 41.0 Å². The van der Waals surface area contributed by atoms with Crippen molar-refractivity contribution in [2.45, 2.75) is 32.6 Å². The maximum atomic E-state index is 14.4. The summed E-state index contributed by atoms with van der Waals surface area (Å²) < 4.78 is 0. The summed E-state index contributed by atoms with van der Waals surface area (Å²) in [6.07, 6.45) is 2.35. The highest BCUT2D eigenvalue weighted by atomic mass is 16.4. The number of allylic oxidation sites excluding steroid dienone is 2. The molecular weight excluding hydrogens is 560 g/mol. The number of fused-ring (bicyclic) bond motifs is 4. The lowest BCUT2D eigenvalue weighted by atomic mass is 9.51. The highest BCUT2D eigenvalue weighted by Crippen LogP contribution is 2.64. The quantitative estimate of drug-likeness (QED) is 0.328. The van der Waals surface area contributed by atoms with E-state index in [4.69, 9.17) is 0 Å². The van der Waals surface area contributed by atoms with Crippen molar-refractivity contribution in [2.75, 3.05) is 9.80 Å². The monoisotopic (exact) mass is 590 g/mol. The third-order valence-corrected chi connectivity index (χ3v) is 10.2. The fraction of sp³-hybridized carbons (Fsp3) is 0.286. The van der Waals surface area contributed by atoms with Crippen LogP contribution in [0.25, 0.3) is 0 Å². The van der Waals surface area contributed by atoms with E-state index in [9.17, 15) is 34.2 Å². The van der Waals surface area contributed by atoms with Crippen molar-refractivity contribution in [3.63, 3.8) is 0 Å². The Balaban J connectivity index is 1.37. The van der Waals surface area contributed by atoms with Crippen LogP contribution in [0.5, 0.6) is 5.75 Å². The number of benzene rings is 3. The zero-order valence-electron chi connectivity index (χ0n) is 24.1. The molecule has 2 saturated heterocycles. The number of hydrogen-bond donors (Lipinski definition) is 2. The molecule has 44 heavy (non-hydrogen) atoms. The molecule has 0 bridgehead atoms. The molecule has 0 spiro atoms. The average Bonchev–Trinajstić information content (AvgIpc) is 3.38. The van der Waals surface area contributed by atoms with Crippen LogP contribution >= 0.6 is 0 Å². The van der Waals surface area contributed by atoms with Crippen molar-refractivity contribution in [2.24, 2.45) is 29.1 Å². The number of anilines is 2. The number of phenolic OH excluding ortho intramolecular Hbond substituents is 1. The largest absolute Gasteiger partial charge is 0.507 e. The van der Waals surface area contributed by atoms with E-state index >= 15 is 0 Å². The summed E-state index contributed by atoms with van der Waals surface area (Å²) in [5, 5.41) is 20.8. The number of carbonyl (C=O) groups is 5. The molecule has 2 aliphatic carbocycles. The first-order valence-electron chi connectivity index (χ1n) is 14.7. The summed E-state index contributed by atoms with van der Waals surface area (Å²) >= 11 is 0. The van der Waals surface area contributed by atoms with Crippen LogP contribution in [0.3, 0.4) is 0 Å². The lowest BCUT2D eigenvalue weighted by Gasteiger charge is -2.49. The van der Waals surface area contributed by atoms with Crippen LogP contribution in [0.1, 0.15) is 47.2 Å². The number of phenols is 1. The molecule has 3 aromatic rings. The molecule has 4 aliphatic rings. The third kappa shape index (κ3) is 3.68. The van der Waals surface area contributed by atoms with E-state index in [-0.39, 0.29) is 41.7 Å². The van der Waals surface area contributed by atoms with Gasteiger partial charge in [0.1, 0.15) is 5.75 Å². The zero-order valence-corrected chi connectivity index (χ0v) is 24.1. The van der Waals surface area contributed by atoms with Gasteiger partial charge in [0.25, 0.3) is 0 Å². The number of carbonyl (C=O) groups excluding carboxylic acids is 4. The molecule has 6 unspecified atom stereocenters. The van der Waals surface area contributed by atoms with Gasteiger partial charge in [-0.3, -0.25) is 24.1 Å². The van der Waals surface area contributed by atoms with Gasteiger partial charge in [0, 0.05) is 11.5 Å². The number of nitrogens with zero attached hydrogens (tertiary/aromatic N) is 2. The van der Waals surface area contributed by atoms with Gasteiger partial charge in [0.15, 0.2) is 0 Å². The van der Waals surface area contributed by atoms with Gasteiger partial charge in [-0.05, 0) is 68.5 Å². The number of aryl methyl sites for hydroxylation is 1. The fourth-order valence-corrected chi connectivity index (χ4v) is 8.13. The topological polar surface area (TPSA) is 132 Å². The molecule has 2 aliphatic heterocycles. The molecule has 6 atom stereocenters. The Labute approximate surface area is 253 Å². The van der Waals surface area contributed by atoms with E-state index in [1.807, 2.05) is 6.08 Å². The van der Waals surface area contributed by atoms with Crippen molar-refractivity contribution in [1.82, 2.24) is 0 Å². The van der Waals surface area contributed by atoms with E-state index in [0.717, 1.165) is 10.5 Å². The number of para-hydroxylation sites is 2. The Morgan fingerprint density at radius 2 is 1.55 bits per heavy atom. The van der Waals surface area contributed by atoms with Crippen molar-refractivity contribution in [1.29, 1.82) is 0 Å². The second kappa shape index (κ2) is 9.74. The zero-order chi connectivity index (χ0) is 31.1. The molecule has 0 radical (unpaired) electrons. The molecule has 1 saturated carbocycles. The molecule has 7 rings (SSSR count). The minimum atomic E-state index is -1.26. The molecule has 222 valence electrons. The van der Waals surface area contributed by atoms with Gasteiger partial charge in [0.05, 0.1) is 40.1 Å². The molecule has 2 N–H and O–H groups in total. The summed E-state index contributed by atoms with van der Waals surface area (Å²) in [7, 11) is 0. The number of imide groups is 2. The van der Waals surface area contributed by atoms with Crippen LogP contribution in [-0.2, 0) is 19.2 Å². The molecule has 9 heteroatoms. The number of aromatic carboxylic acids is 1. The summed E-state index contributed by atoms with van der Waals surface area (Å²) in [5.74, 6) is -6.33. The highest BCUT2D eigenvalue weighted by molar-refractivity contribution is 6.25. The molecule has 3 aromatic carbocycles. The summed E-state index contributed by atoms with van der Waals surface area (Å²) in [5.41, 5.74) is 1.23. The maximum absolute atomic E-state index is 14.4. The van der Waals surface area contributed by atoms with E-state index in [0.29, 0.717) is 16.8 Å². The maximum Gasteiger partial charge on any atom is 0.335 e. The fourth-order valence-electron chi connectivity index (χ4n) is 8.13. The minimum Gasteiger partial charge on any atom is -0.507 e. The van der Waals surface area contributed by atoms with E-state index in [2.05, 4.69) is 0 Å². The van der Waals surface area contributed by atoms with Crippen LogP contribution < -0.4 is 9.80 Å². The molecule has 9 nitrogen and oxygen atoms in total. The van der Waals surface area contributed by atoms with Crippen LogP contribution in [0.15, 0.2) is 84.4 Å². The number of hydrogen-bond acceptors (Lipinski definition) is 6. The van der Waals surface area contributed by atoms with Gasteiger partial charge >= 0.3 is 5.97 Å². The molecule has 3 fully saturated rings. The van der Waals surface area contributed by atoms with Gasteiger partial charge in [0.2, 0.25) is 23.6 Å².